The van der Waals surface area contributed by atoms with E-state index in [1.165, 1.54) is 48.2 Å². The summed E-state index contributed by atoms with van der Waals surface area (Å²) in [6.07, 6.45) is 6.19. The molecule has 6 heterocycles. The molecule has 71 heavy (non-hydrogen) atoms. The van der Waals surface area contributed by atoms with Crippen LogP contribution in [0.2, 0.25) is 0 Å². The van der Waals surface area contributed by atoms with Crippen LogP contribution in [-0.4, -0.2) is 136 Å². The summed E-state index contributed by atoms with van der Waals surface area (Å²) < 4.78 is 24.4. The van der Waals surface area contributed by atoms with E-state index in [1.54, 1.807) is 63.9 Å². The topological polar surface area (TPSA) is 301 Å². The molecule has 0 saturated carbocycles. The average molecular weight is 973 g/mol. The molecule has 6 aromatic rings. The molecule has 370 valence electrons. The average Bonchev–Trinajstić information content (AvgIpc) is 4.13. The van der Waals surface area contributed by atoms with E-state index >= 15 is 0 Å². The number of allylic oxidation sites excluding steroid dienone is 2. The maximum Gasteiger partial charge on any atom is 0.276 e. The highest BCUT2D eigenvalue weighted by Crippen LogP contribution is 2.33. The SMILES string of the molecule is CCn1nc(C)cc1C(=O)Nc1nc2cc(C(N)=O)cc(OC)c2n1CC=CCn1c(NC(=O)c2cc(C)nn2C)nc2cc(C(N)=O)cc(OCCCOC3CN(C(=O)CCN4C(=O)C=CC4=O)C3)c21. The van der Waals surface area contributed by atoms with Crippen LogP contribution in [-0.2, 0) is 45.8 Å². The van der Waals surface area contributed by atoms with Crippen molar-refractivity contribution in [3.63, 3.8) is 0 Å². The second-order valence-electron chi connectivity index (χ2n) is 16.8. The van der Waals surface area contributed by atoms with Gasteiger partial charge in [0, 0.05) is 82.4 Å². The van der Waals surface area contributed by atoms with Gasteiger partial charge in [-0.15, -0.1) is 0 Å². The third-order valence-corrected chi connectivity index (χ3v) is 11.8. The first-order valence-electron chi connectivity index (χ1n) is 22.6. The maximum absolute atomic E-state index is 13.7. The molecule has 4 aromatic heterocycles. The fraction of sp³-hybridized carbons (Fsp3) is 0.340. The van der Waals surface area contributed by atoms with Gasteiger partial charge in [-0.25, -0.2) is 9.97 Å². The number of primary amides is 2. The van der Waals surface area contributed by atoms with Crippen molar-refractivity contribution in [3.05, 3.63) is 94.6 Å². The minimum atomic E-state index is -0.729. The summed E-state index contributed by atoms with van der Waals surface area (Å²) in [5, 5.41) is 14.5. The Morgan fingerprint density at radius 2 is 1.31 bits per heavy atom. The molecule has 0 unspecified atom stereocenters. The predicted octanol–water partition coefficient (Wildman–Crippen LogP) is 2.23. The monoisotopic (exact) mass is 972 g/mol. The predicted molar refractivity (Wildman–Crippen MR) is 256 cm³/mol. The lowest BCUT2D eigenvalue weighted by atomic mass is 10.1. The largest absolute Gasteiger partial charge is 0.494 e. The zero-order chi connectivity index (χ0) is 50.7. The number of methoxy groups -OCH3 is 1. The fourth-order valence-corrected chi connectivity index (χ4v) is 8.30. The molecule has 0 radical (unpaired) electrons. The van der Waals surface area contributed by atoms with Gasteiger partial charge < -0.3 is 39.7 Å². The summed E-state index contributed by atoms with van der Waals surface area (Å²) in [5.41, 5.74) is 15.1. The van der Waals surface area contributed by atoms with Crippen LogP contribution < -0.4 is 31.6 Å². The highest BCUT2D eigenvalue weighted by molar-refractivity contribution is 6.13. The highest BCUT2D eigenvalue weighted by atomic mass is 16.5. The first-order chi connectivity index (χ1) is 34.0. The van der Waals surface area contributed by atoms with E-state index in [4.69, 9.17) is 30.7 Å². The second kappa shape index (κ2) is 20.5. The summed E-state index contributed by atoms with van der Waals surface area (Å²) >= 11 is 0. The van der Waals surface area contributed by atoms with Crippen LogP contribution in [0.25, 0.3) is 22.1 Å². The number of benzene rings is 2. The molecule has 0 aliphatic carbocycles. The number of imidazole rings is 2. The molecule has 1 fully saturated rings. The Bertz CT molecular complexity index is 3170. The summed E-state index contributed by atoms with van der Waals surface area (Å²) in [7, 11) is 3.08. The molecular weight excluding hydrogens is 921 g/mol. The van der Waals surface area contributed by atoms with Crippen molar-refractivity contribution in [2.45, 2.75) is 59.4 Å². The van der Waals surface area contributed by atoms with E-state index in [0.29, 0.717) is 65.2 Å². The second-order valence-corrected chi connectivity index (χ2v) is 16.8. The first kappa shape index (κ1) is 48.8. The molecule has 0 atom stereocenters. The van der Waals surface area contributed by atoms with E-state index in [-0.39, 0.29) is 91.5 Å². The molecule has 24 nitrogen and oxygen atoms in total. The Balaban J connectivity index is 1.03. The number of likely N-dealkylation sites (tertiary alicyclic amines) is 1. The number of imide groups is 1. The number of aromatic nitrogens is 8. The number of aryl methyl sites for hydroxylation is 4. The van der Waals surface area contributed by atoms with E-state index in [0.717, 1.165) is 4.90 Å². The van der Waals surface area contributed by atoms with Gasteiger partial charge in [-0.3, -0.25) is 58.5 Å². The Hall–Kier alpha value is -8.67. The van der Waals surface area contributed by atoms with Crippen molar-refractivity contribution < 1.29 is 47.8 Å². The standard InChI is InChI=1S/C47H52N14O10/c1-6-61-34(19-27(3)55-61)45(68)53-47-50-31-20-28(42(48)65)22-35(69-5)40(31)59(47)13-7-8-14-60-41-32(51-46(60)52-44(67)33-18-26(2)54-56(33)4)21-29(43(49)66)23-36(41)71-17-9-16-70-30-24-57(25-30)37(62)12-15-58-38(63)10-11-39(58)64/h7-8,10-11,18-23,30H,6,9,12-17,24-25H2,1-5H3,(H2,48,65)(H2,49,66)(H,50,53,68)(H,51,52,67). The summed E-state index contributed by atoms with van der Waals surface area (Å²) in [5.74, 6) is -2.65. The lowest BCUT2D eigenvalue weighted by molar-refractivity contribution is -0.146. The van der Waals surface area contributed by atoms with Crippen LogP contribution in [0.5, 0.6) is 11.5 Å². The molecule has 0 bridgehead atoms. The number of carbonyl (C=O) groups is 7. The van der Waals surface area contributed by atoms with Gasteiger partial charge in [0.1, 0.15) is 33.9 Å². The van der Waals surface area contributed by atoms with Crippen molar-refractivity contribution in [2.24, 2.45) is 18.5 Å². The first-order valence-corrected chi connectivity index (χ1v) is 22.6. The Morgan fingerprint density at radius 1 is 0.761 bits per heavy atom. The van der Waals surface area contributed by atoms with Crippen molar-refractivity contribution in [1.82, 2.24) is 48.5 Å². The third kappa shape index (κ3) is 10.4. The minimum absolute atomic E-state index is 0.00965. The molecule has 2 aliphatic heterocycles. The Morgan fingerprint density at radius 3 is 1.86 bits per heavy atom. The van der Waals surface area contributed by atoms with Crippen molar-refractivity contribution in [1.29, 1.82) is 0 Å². The van der Waals surface area contributed by atoms with E-state index in [2.05, 4.69) is 25.8 Å². The Kier molecular flexibility index (Phi) is 14.1. The van der Waals surface area contributed by atoms with Gasteiger partial charge in [0.25, 0.3) is 23.6 Å². The molecule has 7 amide bonds. The van der Waals surface area contributed by atoms with Gasteiger partial charge in [0.15, 0.2) is 0 Å². The smallest absolute Gasteiger partial charge is 0.276 e. The number of nitrogens with two attached hydrogens (primary N) is 2. The zero-order valence-electron chi connectivity index (χ0n) is 39.6. The fourth-order valence-electron chi connectivity index (χ4n) is 8.30. The van der Waals surface area contributed by atoms with Gasteiger partial charge >= 0.3 is 0 Å². The summed E-state index contributed by atoms with van der Waals surface area (Å²) in [6, 6.07) is 9.31. The third-order valence-electron chi connectivity index (χ3n) is 11.8. The number of hydrogen-bond acceptors (Lipinski definition) is 14. The van der Waals surface area contributed by atoms with Crippen molar-refractivity contribution in [3.8, 4) is 11.5 Å². The van der Waals surface area contributed by atoms with Crippen LogP contribution in [0.3, 0.4) is 0 Å². The summed E-state index contributed by atoms with van der Waals surface area (Å²) in [6.45, 7) is 7.23. The van der Waals surface area contributed by atoms with Gasteiger partial charge in [-0.2, -0.15) is 10.2 Å². The molecule has 8 rings (SSSR count). The van der Waals surface area contributed by atoms with Gasteiger partial charge in [-0.05, 0) is 57.2 Å². The zero-order valence-corrected chi connectivity index (χ0v) is 39.6. The van der Waals surface area contributed by atoms with E-state index in [1.807, 2.05) is 6.92 Å². The van der Waals surface area contributed by atoms with Crippen LogP contribution in [0, 0.1) is 13.8 Å². The van der Waals surface area contributed by atoms with Crippen molar-refractivity contribution in [2.75, 3.05) is 50.6 Å². The lowest BCUT2D eigenvalue weighted by Crippen LogP contribution is -2.55. The van der Waals surface area contributed by atoms with Crippen LogP contribution in [0.4, 0.5) is 11.9 Å². The molecule has 6 N–H and O–H groups in total. The molecule has 2 aromatic carbocycles. The van der Waals surface area contributed by atoms with Crippen molar-refractivity contribution >= 4 is 75.3 Å². The number of amides is 7. The number of rotatable bonds is 21. The van der Waals surface area contributed by atoms with Crippen LogP contribution in [0.1, 0.15) is 72.8 Å². The molecule has 0 spiro atoms. The molecular formula is C47H52N14O10. The number of ether oxygens (including phenoxy) is 3. The van der Waals surface area contributed by atoms with E-state index in [9.17, 15) is 33.6 Å². The number of fused-ring (bicyclic) bond motifs is 2. The van der Waals surface area contributed by atoms with Gasteiger partial charge in [0.2, 0.25) is 29.6 Å². The number of nitrogens with one attached hydrogen (secondary N) is 2. The quantitative estimate of drug-likeness (QED) is 0.0457. The number of anilines is 2. The minimum Gasteiger partial charge on any atom is -0.494 e. The van der Waals surface area contributed by atoms with Gasteiger partial charge in [-0.1, -0.05) is 12.2 Å². The van der Waals surface area contributed by atoms with Gasteiger partial charge in [0.05, 0.1) is 48.8 Å². The van der Waals surface area contributed by atoms with E-state index < -0.39 is 35.4 Å². The Labute approximate surface area is 405 Å². The molecule has 24 heteroatoms. The normalized spacial score (nSPS) is 13.8. The number of nitrogens with zero attached hydrogens (tertiary/aromatic N) is 10. The highest BCUT2D eigenvalue weighted by Gasteiger charge is 2.33. The van der Waals surface area contributed by atoms with Crippen LogP contribution in [0.15, 0.2) is 60.7 Å². The number of carbonyl (C=O) groups excluding carboxylic acids is 7. The lowest BCUT2D eigenvalue weighted by Gasteiger charge is -2.39. The maximum atomic E-state index is 13.7. The number of hydrogen-bond donors (Lipinski definition) is 4. The van der Waals surface area contributed by atoms with Crippen LogP contribution >= 0.6 is 0 Å². The molecule has 1 saturated heterocycles. The molecule has 2 aliphatic rings. The summed E-state index contributed by atoms with van der Waals surface area (Å²) in [4.78, 5) is 101.